The van der Waals surface area contributed by atoms with Crippen molar-refractivity contribution in [2.24, 2.45) is 4.40 Å². The highest BCUT2D eigenvalue weighted by molar-refractivity contribution is 9.10. The Bertz CT molecular complexity index is 504. The fourth-order valence-electron chi connectivity index (χ4n) is 2.71. The number of hydrogen-bond donors (Lipinski definition) is 0. The summed E-state index contributed by atoms with van der Waals surface area (Å²) in [6.07, 6.45) is 8.28. The molecular formula is C17H24BrNOS. The van der Waals surface area contributed by atoms with Crippen molar-refractivity contribution in [2.45, 2.75) is 63.5 Å². The molecule has 0 bridgehead atoms. The van der Waals surface area contributed by atoms with Crippen LogP contribution in [0.3, 0.4) is 0 Å². The second-order valence-electron chi connectivity index (χ2n) is 6.70. The average Bonchev–Trinajstić information content (AvgIpc) is 2.44. The Morgan fingerprint density at radius 1 is 1.24 bits per heavy atom. The minimum atomic E-state index is -1.20. The predicted molar refractivity (Wildman–Crippen MR) is 95.5 cm³/mol. The van der Waals surface area contributed by atoms with Gasteiger partial charge in [-0.25, -0.2) is 0 Å². The van der Waals surface area contributed by atoms with E-state index >= 15 is 0 Å². The van der Waals surface area contributed by atoms with Crippen LogP contribution in [-0.4, -0.2) is 15.5 Å². The largest absolute Gasteiger partial charge is 0.591 e. The van der Waals surface area contributed by atoms with Gasteiger partial charge in [-0.05, 0) is 57.2 Å². The number of benzene rings is 1. The van der Waals surface area contributed by atoms with Crippen LogP contribution in [-0.2, 0) is 11.4 Å². The second-order valence-corrected chi connectivity index (χ2v) is 9.55. The van der Waals surface area contributed by atoms with E-state index in [0.717, 1.165) is 10.0 Å². The van der Waals surface area contributed by atoms with Gasteiger partial charge in [-0.15, -0.1) is 0 Å². The topological polar surface area (TPSA) is 35.4 Å². The van der Waals surface area contributed by atoms with Crippen LogP contribution >= 0.6 is 15.9 Å². The highest BCUT2D eigenvalue weighted by Crippen LogP contribution is 2.35. The highest BCUT2D eigenvalue weighted by atomic mass is 79.9. The number of hydrogen-bond acceptors (Lipinski definition) is 2. The van der Waals surface area contributed by atoms with Crippen LogP contribution in [0.2, 0.25) is 0 Å². The van der Waals surface area contributed by atoms with Gasteiger partial charge in [0.2, 0.25) is 0 Å². The summed E-state index contributed by atoms with van der Waals surface area (Å²) in [5, 5.41) is 0. The standard InChI is InChI=1S/C17H24BrNOS/c1-17(2,3)21(20)19-12-14-11-15(18)9-10-16(14)13-7-5-4-6-8-13/h9-13H,4-8H2,1-3H3/b19-12+/t21-/m0/s1. The smallest absolute Gasteiger partial charge is 0.144 e. The molecule has 0 aliphatic heterocycles. The molecule has 2 rings (SSSR count). The molecule has 1 aliphatic carbocycles. The third-order valence-electron chi connectivity index (χ3n) is 3.91. The normalized spacial score (nSPS) is 19.1. The molecule has 1 aromatic carbocycles. The van der Waals surface area contributed by atoms with Crippen LogP contribution in [0.25, 0.3) is 0 Å². The van der Waals surface area contributed by atoms with Gasteiger partial charge in [-0.2, -0.15) is 0 Å². The second kappa shape index (κ2) is 7.30. The van der Waals surface area contributed by atoms with Crippen LogP contribution in [0.4, 0.5) is 0 Å². The average molecular weight is 370 g/mol. The van der Waals surface area contributed by atoms with E-state index in [2.05, 4.69) is 38.5 Å². The third-order valence-corrected chi connectivity index (χ3v) is 5.74. The molecule has 0 aromatic heterocycles. The van der Waals surface area contributed by atoms with Gasteiger partial charge < -0.3 is 4.55 Å². The van der Waals surface area contributed by atoms with Crippen molar-refractivity contribution in [3.8, 4) is 0 Å². The Labute approximate surface area is 139 Å². The van der Waals surface area contributed by atoms with Gasteiger partial charge in [0.1, 0.15) is 16.1 Å². The van der Waals surface area contributed by atoms with E-state index < -0.39 is 11.4 Å². The van der Waals surface area contributed by atoms with Crippen LogP contribution < -0.4 is 0 Å². The molecule has 0 amide bonds. The van der Waals surface area contributed by atoms with Crippen molar-refractivity contribution in [2.75, 3.05) is 0 Å². The highest BCUT2D eigenvalue weighted by Gasteiger charge is 2.26. The van der Waals surface area contributed by atoms with E-state index in [1.807, 2.05) is 20.8 Å². The zero-order valence-corrected chi connectivity index (χ0v) is 15.5. The van der Waals surface area contributed by atoms with Gasteiger partial charge in [0, 0.05) is 10.0 Å². The zero-order valence-electron chi connectivity index (χ0n) is 13.1. The molecule has 1 saturated carbocycles. The first-order chi connectivity index (χ1) is 9.88. The van der Waals surface area contributed by atoms with Crippen molar-refractivity contribution in [3.05, 3.63) is 33.8 Å². The van der Waals surface area contributed by atoms with Gasteiger partial charge in [-0.1, -0.05) is 45.7 Å². The molecule has 1 atom stereocenters. The molecular weight excluding hydrogens is 346 g/mol. The summed E-state index contributed by atoms with van der Waals surface area (Å²) in [5.74, 6) is 0.622. The summed E-state index contributed by atoms with van der Waals surface area (Å²) in [5.41, 5.74) is 2.46. The monoisotopic (exact) mass is 369 g/mol. The summed E-state index contributed by atoms with van der Waals surface area (Å²) in [6.45, 7) is 5.84. The van der Waals surface area contributed by atoms with Crippen molar-refractivity contribution in [3.63, 3.8) is 0 Å². The lowest BCUT2D eigenvalue weighted by atomic mass is 9.82. The van der Waals surface area contributed by atoms with Gasteiger partial charge in [0.05, 0.1) is 6.21 Å². The maximum absolute atomic E-state index is 12.1. The molecule has 0 saturated heterocycles. The quantitative estimate of drug-likeness (QED) is 0.520. The summed E-state index contributed by atoms with van der Waals surface area (Å²) in [7, 11) is 0. The van der Waals surface area contributed by atoms with E-state index in [9.17, 15) is 4.55 Å². The van der Waals surface area contributed by atoms with Gasteiger partial charge in [-0.3, -0.25) is 0 Å². The minimum absolute atomic E-state index is 0.312. The summed E-state index contributed by atoms with van der Waals surface area (Å²) < 4.78 is 17.1. The molecule has 0 unspecified atom stereocenters. The first kappa shape index (κ1) is 17.0. The van der Waals surface area contributed by atoms with Crippen LogP contribution in [0.15, 0.2) is 27.1 Å². The van der Waals surface area contributed by atoms with E-state index in [4.69, 9.17) is 0 Å². The molecule has 2 nitrogen and oxygen atoms in total. The molecule has 116 valence electrons. The molecule has 0 N–H and O–H groups in total. The van der Waals surface area contributed by atoms with Crippen LogP contribution in [0, 0.1) is 0 Å². The molecule has 4 heteroatoms. The van der Waals surface area contributed by atoms with E-state index in [1.165, 1.54) is 37.7 Å². The number of halogens is 1. The van der Waals surface area contributed by atoms with Crippen molar-refractivity contribution >= 4 is 33.5 Å². The van der Waals surface area contributed by atoms with Gasteiger partial charge >= 0.3 is 0 Å². The summed E-state index contributed by atoms with van der Waals surface area (Å²) in [4.78, 5) is 0. The van der Waals surface area contributed by atoms with E-state index in [-0.39, 0.29) is 4.75 Å². The summed E-state index contributed by atoms with van der Waals surface area (Å²) in [6, 6.07) is 6.39. The molecule has 0 radical (unpaired) electrons. The first-order valence-corrected chi connectivity index (χ1v) is 9.53. The molecule has 0 heterocycles. The SMILES string of the molecule is CC(C)(C)[S@+]([O-])/N=C/c1cc(Br)ccc1C1CCCCC1. The fourth-order valence-corrected chi connectivity index (χ4v) is 3.61. The predicted octanol–water partition coefficient (Wildman–Crippen LogP) is 5.38. The third kappa shape index (κ3) is 4.83. The van der Waals surface area contributed by atoms with Crippen LogP contribution in [0.1, 0.15) is 69.9 Å². The summed E-state index contributed by atoms with van der Waals surface area (Å²) >= 11 is 2.33. The fraction of sp³-hybridized carbons (Fsp3) is 0.588. The lowest BCUT2D eigenvalue weighted by Gasteiger charge is -2.23. The number of rotatable bonds is 3. The lowest BCUT2D eigenvalue weighted by Crippen LogP contribution is -2.25. The van der Waals surface area contributed by atoms with Gasteiger partial charge in [0.15, 0.2) is 0 Å². The number of nitrogens with zero attached hydrogens (tertiary/aromatic N) is 1. The zero-order chi connectivity index (χ0) is 15.5. The van der Waals surface area contributed by atoms with Gasteiger partial charge in [0.25, 0.3) is 0 Å². The van der Waals surface area contributed by atoms with Crippen LogP contribution in [0.5, 0.6) is 0 Å². The van der Waals surface area contributed by atoms with Crippen molar-refractivity contribution in [1.29, 1.82) is 0 Å². The Hall–Kier alpha value is -0.320. The molecule has 1 aliphatic rings. The maximum Gasteiger partial charge on any atom is 0.144 e. The Kier molecular flexibility index (Phi) is 5.92. The Balaban J connectivity index is 2.25. The molecule has 1 aromatic rings. The molecule has 21 heavy (non-hydrogen) atoms. The lowest BCUT2D eigenvalue weighted by molar-refractivity contribution is 0.443. The minimum Gasteiger partial charge on any atom is -0.591 e. The molecule has 0 spiro atoms. The maximum atomic E-state index is 12.1. The van der Waals surface area contributed by atoms with E-state index in [0.29, 0.717) is 5.92 Å². The molecule has 1 fully saturated rings. The first-order valence-electron chi connectivity index (χ1n) is 7.63. The van der Waals surface area contributed by atoms with E-state index in [1.54, 1.807) is 6.21 Å². The van der Waals surface area contributed by atoms with Crippen molar-refractivity contribution < 1.29 is 4.55 Å². The Morgan fingerprint density at radius 3 is 2.52 bits per heavy atom. The Morgan fingerprint density at radius 2 is 1.90 bits per heavy atom. The van der Waals surface area contributed by atoms with Crippen molar-refractivity contribution in [1.82, 2.24) is 0 Å².